The van der Waals surface area contributed by atoms with Crippen LogP contribution in [0.3, 0.4) is 0 Å². The van der Waals surface area contributed by atoms with Crippen LogP contribution in [-0.4, -0.2) is 34.7 Å². The van der Waals surface area contributed by atoms with Gasteiger partial charge in [-0.05, 0) is 13.8 Å². The first-order valence-corrected chi connectivity index (χ1v) is 8.33. The molecule has 19 heavy (non-hydrogen) atoms. The second kappa shape index (κ2) is 5.24. The van der Waals surface area contributed by atoms with Crippen LogP contribution in [0.1, 0.15) is 13.8 Å². The first-order chi connectivity index (χ1) is 8.89. The van der Waals surface area contributed by atoms with Crippen molar-refractivity contribution in [1.29, 1.82) is 0 Å². The number of imidazole rings is 1. The van der Waals surface area contributed by atoms with E-state index in [9.17, 15) is 8.42 Å². The van der Waals surface area contributed by atoms with E-state index in [0.29, 0.717) is 4.96 Å². The molecule has 0 bridgehead atoms. The Morgan fingerprint density at radius 2 is 2.32 bits per heavy atom. The van der Waals surface area contributed by atoms with Crippen molar-refractivity contribution in [2.24, 2.45) is 0 Å². The van der Waals surface area contributed by atoms with Crippen molar-refractivity contribution in [3.63, 3.8) is 0 Å². The van der Waals surface area contributed by atoms with Crippen LogP contribution in [-0.2, 0) is 10.0 Å². The minimum absolute atomic E-state index is 0.00145. The molecular weight excluding hydrogens is 306 g/mol. The van der Waals surface area contributed by atoms with Gasteiger partial charge in [-0.1, -0.05) is 17.7 Å². The first-order valence-electron chi connectivity index (χ1n) is 5.63. The van der Waals surface area contributed by atoms with Gasteiger partial charge in [0.15, 0.2) is 15.1 Å². The lowest BCUT2D eigenvalue weighted by atomic mass is 10.4. The monoisotopic (exact) mass is 319 g/mol. The number of nitrogens with zero attached hydrogens (tertiary/aromatic N) is 3. The number of fused-ring (bicyclic) bond motifs is 1. The van der Waals surface area contributed by atoms with Crippen LogP contribution in [0.15, 0.2) is 29.3 Å². The smallest absolute Gasteiger partial charge is 0.262 e. The standard InChI is InChI=1S/C11H14ClN3O2S2/c1-4-5-15(8(2)3)19(16,17)10-9(12)13-11-14(10)6-7-18-11/h4,6-8H,1,5H2,2-3H3. The van der Waals surface area contributed by atoms with Crippen molar-refractivity contribution in [3.8, 4) is 0 Å². The second-order valence-electron chi connectivity index (χ2n) is 4.22. The summed E-state index contributed by atoms with van der Waals surface area (Å²) in [6, 6.07) is -0.191. The molecule has 2 aromatic rings. The lowest BCUT2D eigenvalue weighted by molar-refractivity contribution is 0.381. The molecule has 0 atom stereocenters. The first kappa shape index (κ1) is 14.5. The molecular formula is C11H14ClN3O2S2. The molecule has 0 radical (unpaired) electrons. The number of sulfonamides is 1. The number of thiazole rings is 1. The van der Waals surface area contributed by atoms with E-state index < -0.39 is 10.0 Å². The molecule has 2 heterocycles. The Balaban J connectivity index is 2.63. The summed E-state index contributed by atoms with van der Waals surface area (Å²) in [6.07, 6.45) is 3.20. The number of halogens is 1. The van der Waals surface area contributed by atoms with E-state index in [1.165, 1.54) is 20.0 Å². The molecule has 0 N–H and O–H groups in total. The van der Waals surface area contributed by atoms with Crippen molar-refractivity contribution >= 4 is 37.9 Å². The summed E-state index contributed by atoms with van der Waals surface area (Å²) in [5, 5.41) is 1.78. The highest BCUT2D eigenvalue weighted by atomic mass is 35.5. The SMILES string of the molecule is C=CCN(C(C)C)S(=O)(=O)c1c(Cl)nc2sccn12. The summed E-state index contributed by atoms with van der Waals surface area (Å²) in [5.41, 5.74) is 0. The molecule has 8 heteroatoms. The predicted molar refractivity (Wildman–Crippen MR) is 77.3 cm³/mol. The normalized spacial score (nSPS) is 12.7. The van der Waals surface area contributed by atoms with E-state index in [1.54, 1.807) is 31.5 Å². The molecule has 0 amide bonds. The Kier molecular flexibility index (Phi) is 4.00. The van der Waals surface area contributed by atoms with E-state index in [-0.39, 0.29) is 22.8 Å². The van der Waals surface area contributed by atoms with E-state index in [2.05, 4.69) is 11.6 Å². The third-order valence-electron chi connectivity index (χ3n) is 2.62. The van der Waals surface area contributed by atoms with Crippen LogP contribution >= 0.6 is 22.9 Å². The molecule has 104 valence electrons. The van der Waals surface area contributed by atoms with E-state index in [1.807, 2.05) is 0 Å². The Bertz CT molecular complexity index is 703. The van der Waals surface area contributed by atoms with Gasteiger partial charge in [-0.2, -0.15) is 4.31 Å². The summed E-state index contributed by atoms with van der Waals surface area (Å²) < 4.78 is 28.2. The van der Waals surface area contributed by atoms with Crippen molar-refractivity contribution in [1.82, 2.24) is 13.7 Å². The van der Waals surface area contributed by atoms with Gasteiger partial charge in [-0.3, -0.25) is 4.40 Å². The molecule has 0 saturated carbocycles. The summed E-state index contributed by atoms with van der Waals surface area (Å²) >= 11 is 7.32. The van der Waals surface area contributed by atoms with Crippen LogP contribution in [0.2, 0.25) is 5.15 Å². The fraction of sp³-hybridized carbons (Fsp3) is 0.364. The quantitative estimate of drug-likeness (QED) is 0.796. The lowest BCUT2D eigenvalue weighted by Crippen LogP contribution is -2.37. The van der Waals surface area contributed by atoms with Crippen LogP contribution in [0.5, 0.6) is 0 Å². The van der Waals surface area contributed by atoms with Crippen LogP contribution < -0.4 is 0 Å². The van der Waals surface area contributed by atoms with Crippen molar-refractivity contribution < 1.29 is 8.42 Å². The number of aromatic nitrogens is 2. The highest BCUT2D eigenvalue weighted by Crippen LogP contribution is 2.28. The highest BCUT2D eigenvalue weighted by molar-refractivity contribution is 7.89. The zero-order valence-electron chi connectivity index (χ0n) is 10.6. The van der Waals surface area contributed by atoms with Gasteiger partial charge in [0, 0.05) is 24.2 Å². The molecule has 2 aromatic heterocycles. The minimum atomic E-state index is -3.71. The van der Waals surface area contributed by atoms with Gasteiger partial charge < -0.3 is 0 Å². The number of hydrogen-bond donors (Lipinski definition) is 0. The molecule has 0 aliphatic heterocycles. The Morgan fingerprint density at radius 1 is 1.63 bits per heavy atom. The van der Waals surface area contributed by atoms with Gasteiger partial charge in [-0.25, -0.2) is 13.4 Å². The summed E-state index contributed by atoms with van der Waals surface area (Å²) in [7, 11) is -3.71. The largest absolute Gasteiger partial charge is 0.279 e. The van der Waals surface area contributed by atoms with Crippen molar-refractivity contribution in [2.45, 2.75) is 24.9 Å². The van der Waals surface area contributed by atoms with Crippen molar-refractivity contribution in [2.75, 3.05) is 6.54 Å². The molecule has 0 aliphatic rings. The summed E-state index contributed by atoms with van der Waals surface area (Å²) in [6.45, 7) is 7.44. The van der Waals surface area contributed by atoms with Crippen LogP contribution in [0.25, 0.3) is 4.96 Å². The fourth-order valence-corrected chi connectivity index (χ4v) is 4.81. The van der Waals surface area contributed by atoms with Gasteiger partial charge in [0.1, 0.15) is 0 Å². The molecule has 5 nitrogen and oxygen atoms in total. The highest BCUT2D eigenvalue weighted by Gasteiger charge is 2.32. The van der Waals surface area contributed by atoms with Crippen molar-refractivity contribution in [3.05, 3.63) is 29.4 Å². The maximum Gasteiger partial charge on any atom is 0.262 e. The molecule has 0 spiro atoms. The number of hydrogen-bond acceptors (Lipinski definition) is 4. The third-order valence-corrected chi connectivity index (χ3v) is 5.82. The second-order valence-corrected chi connectivity index (χ2v) is 7.26. The van der Waals surface area contributed by atoms with Gasteiger partial charge in [0.25, 0.3) is 10.0 Å². The zero-order chi connectivity index (χ0) is 14.2. The van der Waals surface area contributed by atoms with Crippen LogP contribution in [0.4, 0.5) is 0 Å². The third kappa shape index (κ3) is 2.43. The van der Waals surface area contributed by atoms with E-state index in [0.717, 1.165) is 0 Å². The fourth-order valence-electron chi connectivity index (χ4n) is 1.79. The predicted octanol–water partition coefficient (Wildman–Crippen LogP) is 2.63. The minimum Gasteiger partial charge on any atom is -0.279 e. The average molecular weight is 320 g/mol. The molecule has 0 unspecified atom stereocenters. The maximum absolute atomic E-state index is 12.7. The van der Waals surface area contributed by atoms with E-state index in [4.69, 9.17) is 11.6 Å². The Morgan fingerprint density at radius 3 is 2.89 bits per heavy atom. The van der Waals surface area contributed by atoms with Gasteiger partial charge in [-0.15, -0.1) is 17.9 Å². The van der Waals surface area contributed by atoms with Gasteiger partial charge in [0.05, 0.1) is 0 Å². The van der Waals surface area contributed by atoms with Gasteiger partial charge in [0.2, 0.25) is 0 Å². The maximum atomic E-state index is 12.7. The number of rotatable bonds is 5. The Hall–Kier alpha value is -0.890. The zero-order valence-corrected chi connectivity index (χ0v) is 13.0. The molecule has 0 aliphatic carbocycles. The molecule has 0 saturated heterocycles. The lowest BCUT2D eigenvalue weighted by Gasteiger charge is -2.24. The average Bonchev–Trinajstić information content (AvgIpc) is 2.83. The summed E-state index contributed by atoms with van der Waals surface area (Å²) in [4.78, 5) is 4.62. The molecule has 0 aromatic carbocycles. The Labute approximate surface area is 121 Å². The van der Waals surface area contributed by atoms with Gasteiger partial charge >= 0.3 is 0 Å². The molecule has 2 rings (SSSR count). The summed E-state index contributed by atoms with van der Waals surface area (Å²) in [5.74, 6) is 0. The van der Waals surface area contributed by atoms with Crippen LogP contribution in [0, 0.1) is 0 Å². The molecule has 0 fully saturated rings. The topological polar surface area (TPSA) is 54.7 Å². The van der Waals surface area contributed by atoms with E-state index >= 15 is 0 Å².